The van der Waals surface area contributed by atoms with Gasteiger partial charge in [0.25, 0.3) is 0 Å². The van der Waals surface area contributed by atoms with Crippen LogP contribution in [-0.4, -0.2) is 54.7 Å². The third kappa shape index (κ3) is 4.38. The molecule has 0 atom stereocenters. The van der Waals surface area contributed by atoms with Crippen LogP contribution < -0.4 is 14.2 Å². The van der Waals surface area contributed by atoms with Crippen LogP contribution in [0.3, 0.4) is 0 Å². The van der Waals surface area contributed by atoms with Gasteiger partial charge in [0.2, 0.25) is 10.0 Å². The summed E-state index contributed by atoms with van der Waals surface area (Å²) < 4.78 is 37.0. The first-order chi connectivity index (χ1) is 8.90. The van der Waals surface area contributed by atoms with Gasteiger partial charge in [-0.2, -0.15) is 0 Å². The summed E-state index contributed by atoms with van der Waals surface area (Å²) in [6, 6.07) is 4.66. The van der Waals surface area contributed by atoms with Gasteiger partial charge in [0.1, 0.15) is 16.4 Å². The second-order valence-electron chi connectivity index (χ2n) is 4.22. The van der Waals surface area contributed by atoms with E-state index in [2.05, 4.69) is 4.72 Å². The molecule has 0 saturated heterocycles. The quantitative estimate of drug-likeness (QED) is 0.793. The molecular weight excluding hydrogens is 268 g/mol. The molecular formula is C12H20N2O4S. The Bertz CT molecular complexity index is 514. The van der Waals surface area contributed by atoms with E-state index >= 15 is 0 Å². The van der Waals surface area contributed by atoms with Gasteiger partial charge in [-0.05, 0) is 26.2 Å². The molecule has 108 valence electrons. The molecule has 0 radical (unpaired) electrons. The Morgan fingerprint density at radius 2 is 1.89 bits per heavy atom. The number of hydrogen-bond acceptors (Lipinski definition) is 5. The average Bonchev–Trinajstić information content (AvgIpc) is 2.37. The van der Waals surface area contributed by atoms with Crippen molar-refractivity contribution < 1.29 is 17.9 Å². The normalized spacial score (nSPS) is 11.6. The fourth-order valence-electron chi connectivity index (χ4n) is 1.48. The summed E-state index contributed by atoms with van der Waals surface area (Å²) in [7, 11) is 3.05. The summed E-state index contributed by atoms with van der Waals surface area (Å²) >= 11 is 0. The lowest BCUT2D eigenvalue weighted by atomic mass is 10.3. The molecule has 19 heavy (non-hydrogen) atoms. The molecule has 0 saturated carbocycles. The summed E-state index contributed by atoms with van der Waals surface area (Å²) in [5.74, 6) is 0.756. The van der Waals surface area contributed by atoms with E-state index in [1.54, 1.807) is 12.1 Å². The van der Waals surface area contributed by atoms with Crippen LogP contribution in [-0.2, 0) is 10.0 Å². The van der Waals surface area contributed by atoms with Crippen molar-refractivity contribution in [1.82, 2.24) is 9.62 Å². The summed E-state index contributed by atoms with van der Waals surface area (Å²) in [4.78, 5) is 1.97. The van der Waals surface area contributed by atoms with Crippen LogP contribution in [0.15, 0.2) is 23.1 Å². The first-order valence-electron chi connectivity index (χ1n) is 5.77. The molecule has 0 aliphatic rings. The molecule has 1 N–H and O–H groups in total. The molecule has 0 fully saturated rings. The highest BCUT2D eigenvalue weighted by atomic mass is 32.2. The van der Waals surface area contributed by atoms with Crippen molar-refractivity contribution in [2.75, 3.05) is 41.4 Å². The van der Waals surface area contributed by atoms with E-state index in [4.69, 9.17) is 9.47 Å². The minimum Gasteiger partial charge on any atom is -0.497 e. The Morgan fingerprint density at radius 3 is 2.42 bits per heavy atom. The van der Waals surface area contributed by atoms with Gasteiger partial charge in [0.15, 0.2) is 0 Å². The molecule has 7 heteroatoms. The summed E-state index contributed by atoms with van der Waals surface area (Å²) in [6.45, 7) is 0.946. The van der Waals surface area contributed by atoms with Crippen molar-refractivity contribution in [2.45, 2.75) is 4.90 Å². The monoisotopic (exact) mass is 288 g/mol. The smallest absolute Gasteiger partial charge is 0.244 e. The van der Waals surface area contributed by atoms with E-state index in [9.17, 15) is 8.42 Å². The number of sulfonamides is 1. The predicted octanol–water partition coefficient (Wildman–Crippen LogP) is 0.544. The van der Waals surface area contributed by atoms with Gasteiger partial charge >= 0.3 is 0 Å². The average molecular weight is 288 g/mol. The van der Waals surface area contributed by atoms with Crippen LogP contribution in [0.25, 0.3) is 0 Å². The van der Waals surface area contributed by atoms with Gasteiger partial charge < -0.3 is 14.4 Å². The number of nitrogens with zero attached hydrogens (tertiary/aromatic N) is 1. The zero-order valence-corrected chi connectivity index (χ0v) is 12.5. The molecule has 0 aliphatic carbocycles. The maximum atomic E-state index is 12.2. The molecule has 1 rings (SSSR count). The highest BCUT2D eigenvalue weighted by Crippen LogP contribution is 2.27. The predicted molar refractivity (Wildman–Crippen MR) is 73.3 cm³/mol. The molecule has 0 spiro atoms. The maximum Gasteiger partial charge on any atom is 0.244 e. The molecule has 1 aromatic rings. The van der Waals surface area contributed by atoms with Crippen molar-refractivity contribution in [3.63, 3.8) is 0 Å². The van der Waals surface area contributed by atoms with Gasteiger partial charge in [-0.1, -0.05) is 0 Å². The highest BCUT2D eigenvalue weighted by molar-refractivity contribution is 7.89. The lowest BCUT2D eigenvalue weighted by Gasteiger charge is -2.13. The van der Waals surface area contributed by atoms with Gasteiger partial charge in [0.05, 0.1) is 14.2 Å². The van der Waals surface area contributed by atoms with Gasteiger partial charge in [0, 0.05) is 19.2 Å². The minimum atomic E-state index is -3.61. The standard InChI is InChI=1S/C12H20N2O4S/c1-14(2)8-7-13-19(15,16)12-9-10(17-3)5-6-11(12)18-4/h5-6,9,13H,7-8H2,1-4H3. The Labute approximate surface area is 114 Å². The third-order valence-corrected chi connectivity index (χ3v) is 3.99. The molecule has 6 nitrogen and oxygen atoms in total. The van der Waals surface area contributed by atoms with Crippen LogP contribution in [0, 0.1) is 0 Å². The Morgan fingerprint density at radius 1 is 1.21 bits per heavy atom. The first-order valence-corrected chi connectivity index (χ1v) is 7.25. The molecule has 0 aromatic heterocycles. The van der Waals surface area contributed by atoms with E-state index in [0.717, 1.165) is 0 Å². The van der Waals surface area contributed by atoms with Crippen LogP contribution in [0.4, 0.5) is 0 Å². The fourth-order valence-corrected chi connectivity index (χ4v) is 2.68. The van der Waals surface area contributed by atoms with Crippen molar-refractivity contribution >= 4 is 10.0 Å². The van der Waals surface area contributed by atoms with E-state index in [-0.39, 0.29) is 10.6 Å². The van der Waals surface area contributed by atoms with E-state index < -0.39 is 10.0 Å². The Kier molecular flexibility index (Phi) is 5.59. The summed E-state index contributed by atoms with van der Waals surface area (Å²) in [5.41, 5.74) is 0. The number of ether oxygens (including phenoxy) is 2. The fraction of sp³-hybridized carbons (Fsp3) is 0.500. The second-order valence-corrected chi connectivity index (χ2v) is 5.95. The zero-order chi connectivity index (χ0) is 14.5. The number of nitrogens with one attached hydrogen (secondary N) is 1. The number of likely N-dealkylation sites (N-methyl/N-ethyl adjacent to an activating group) is 1. The van der Waals surface area contributed by atoms with Gasteiger partial charge in [-0.25, -0.2) is 13.1 Å². The van der Waals surface area contributed by atoms with Gasteiger partial charge in [-0.15, -0.1) is 0 Å². The van der Waals surface area contributed by atoms with Gasteiger partial charge in [-0.3, -0.25) is 0 Å². The van der Waals surface area contributed by atoms with E-state index in [1.165, 1.54) is 20.3 Å². The lowest BCUT2D eigenvalue weighted by Crippen LogP contribution is -2.31. The SMILES string of the molecule is COc1ccc(OC)c(S(=O)(=O)NCCN(C)C)c1. The van der Waals surface area contributed by atoms with Crippen molar-refractivity contribution in [3.8, 4) is 11.5 Å². The molecule has 0 heterocycles. The Balaban J connectivity index is 2.98. The Hall–Kier alpha value is -1.31. The third-order valence-electron chi connectivity index (χ3n) is 2.51. The minimum absolute atomic E-state index is 0.0770. The van der Waals surface area contributed by atoms with E-state index in [0.29, 0.717) is 18.8 Å². The maximum absolute atomic E-state index is 12.2. The molecule has 0 aliphatic heterocycles. The molecule has 1 aromatic carbocycles. The molecule has 0 amide bonds. The van der Waals surface area contributed by atoms with Crippen molar-refractivity contribution in [1.29, 1.82) is 0 Å². The second kappa shape index (κ2) is 6.74. The molecule has 0 unspecified atom stereocenters. The largest absolute Gasteiger partial charge is 0.497 e. The summed E-state index contributed by atoms with van der Waals surface area (Å²) in [5, 5.41) is 0. The molecule has 0 bridgehead atoms. The zero-order valence-electron chi connectivity index (χ0n) is 11.6. The van der Waals surface area contributed by atoms with Crippen molar-refractivity contribution in [3.05, 3.63) is 18.2 Å². The highest BCUT2D eigenvalue weighted by Gasteiger charge is 2.20. The van der Waals surface area contributed by atoms with Crippen LogP contribution in [0.2, 0.25) is 0 Å². The number of hydrogen-bond donors (Lipinski definition) is 1. The lowest BCUT2D eigenvalue weighted by molar-refractivity contribution is 0.391. The van der Waals surface area contributed by atoms with Crippen LogP contribution >= 0.6 is 0 Å². The van der Waals surface area contributed by atoms with Crippen LogP contribution in [0.5, 0.6) is 11.5 Å². The first kappa shape index (κ1) is 15.7. The van der Waals surface area contributed by atoms with E-state index in [1.807, 2.05) is 19.0 Å². The number of methoxy groups -OCH3 is 2. The van der Waals surface area contributed by atoms with Crippen molar-refractivity contribution in [2.24, 2.45) is 0 Å². The van der Waals surface area contributed by atoms with Crippen LogP contribution in [0.1, 0.15) is 0 Å². The number of rotatable bonds is 7. The summed E-state index contributed by atoms with van der Waals surface area (Å²) in [6.07, 6.45) is 0. The number of benzene rings is 1. The topological polar surface area (TPSA) is 67.9 Å².